The number of anilines is 1. The van der Waals surface area contributed by atoms with E-state index in [0.29, 0.717) is 39.6 Å². The maximum Gasteiger partial charge on any atom is 0.270 e. The molecule has 3 rings (SSSR count). The lowest BCUT2D eigenvalue weighted by atomic mass is 10.1. The molecule has 1 saturated heterocycles. The van der Waals surface area contributed by atoms with Crippen molar-refractivity contribution < 1.29 is 19.0 Å². The van der Waals surface area contributed by atoms with Crippen molar-refractivity contribution in [2.24, 2.45) is 0 Å². The molecule has 2 aromatic rings. The van der Waals surface area contributed by atoms with Gasteiger partial charge in [-0.3, -0.25) is 9.69 Å². The van der Waals surface area contributed by atoms with Crippen LogP contribution in [0.5, 0.6) is 17.2 Å². The van der Waals surface area contributed by atoms with E-state index in [4.69, 9.17) is 26.4 Å². The first kappa shape index (κ1) is 21.0. The SMILES string of the molecule is C=CCOc1ccc(/C=C2/SC(=S)N(c3ccc(OC)cc3)C2=O)cc1OCC. The third-order valence-electron chi connectivity index (χ3n) is 4.05. The Hall–Kier alpha value is -2.77. The summed E-state index contributed by atoms with van der Waals surface area (Å²) >= 11 is 6.70. The van der Waals surface area contributed by atoms with Crippen molar-refractivity contribution in [1.82, 2.24) is 0 Å². The first-order valence-corrected chi connectivity index (χ1v) is 10.2. The number of hydrogen-bond acceptors (Lipinski definition) is 6. The van der Waals surface area contributed by atoms with Gasteiger partial charge in [-0.15, -0.1) is 0 Å². The summed E-state index contributed by atoms with van der Waals surface area (Å²) in [5.41, 5.74) is 1.54. The van der Waals surface area contributed by atoms with Crippen LogP contribution in [0.3, 0.4) is 0 Å². The molecule has 1 fully saturated rings. The Morgan fingerprint density at radius 2 is 1.90 bits per heavy atom. The first-order chi connectivity index (χ1) is 14.1. The lowest BCUT2D eigenvalue weighted by molar-refractivity contribution is -0.113. The molecular weight excluding hydrogens is 406 g/mol. The molecule has 0 aliphatic carbocycles. The fourth-order valence-electron chi connectivity index (χ4n) is 2.72. The fraction of sp³-hybridized carbons (Fsp3) is 0.182. The van der Waals surface area contributed by atoms with Gasteiger partial charge in [0.05, 0.1) is 24.3 Å². The highest BCUT2D eigenvalue weighted by molar-refractivity contribution is 8.27. The smallest absolute Gasteiger partial charge is 0.270 e. The second-order valence-corrected chi connectivity index (χ2v) is 7.63. The number of rotatable bonds is 8. The summed E-state index contributed by atoms with van der Waals surface area (Å²) in [7, 11) is 1.60. The van der Waals surface area contributed by atoms with E-state index in [1.165, 1.54) is 16.7 Å². The van der Waals surface area contributed by atoms with Crippen LogP contribution in [0.2, 0.25) is 0 Å². The predicted octanol–water partition coefficient (Wildman–Crippen LogP) is 5.06. The van der Waals surface area contributed by atoms with Crippen molar-refractivity contribution in [2.45, 2.75) is 6.92 Å². The molecule has 0 atom stereocenters. The molecule has 0 saturated carbocycles. The van der Waals surface area contributed by atoms with Gasteiger partial charge in [0.1, 0.15) is 12.4 Å². The Morgan fingerprint density at radius 3 is 2.55 bits per heavy atom. The summed E-state index contributed by atoms with van der Waals surface area (Å²) in [4.78, 5) is 15.0. The Balaban J connectivity index is 1.86. The average molecular weight is 428 g/mol. The first-order valence-electron chi connectivity index (χ1n) is 9.00. The molecule has 0 aromatic heterocycles. The molecule has 150 valence electrons. The standard InChI is InChI=1S/C22H21NO4S2/c1-4-12-27-18-11-6-15(13-19(18)26-5-2)14-20-21(24)23(22(28)29-20)16-7-9-17(25-3)10-8-16/h4,6-11,13-14H,1,5,12H2,2-3H3/b20-14+. The zero-order valence-corrected chi connectivity index (χ0v) is 17.8. The topological polar surface area (TPSA) is 48.0 Å². The van der Waals surface area contributed by atoms with Gasteiger partial charge in [-0.1, -0.05) is 42.7 Å². The zero-order valence-electron chi connectivity index (χ0n) is 16.2. The number of amides is 1. The third kappa shape index (κ3) is 4.81. The highest BCUT2D eigenvalue weighted by Gasteiger charge is 2.33. The number of carbonyl (C=O) groups is 1. The molecule has 1 heterocycles. The number of thiocarbonyl (C=S) groups is 1. The number of benzene rings is 2. The lowest BCUT2D eigenvalue weighted by Crippen LogP contribution is -2.27. The van der Waals surface area contributed by atoms with Crippen molar-refractivity contribution >= 4 is 46.0 Å². The van der Waals surface area contributed by atoms with E-state index in [-0.39, 0.29) is 5.91 Å². The lowest BCUT2D eigenvalue weighted by Gasteiger charge is -2.14. The number of methoxy groups -OCH3 is 1. The van der Waals surface area contributed by atoms with Gasteiger partial charge in [0.15, 0.2) is 15.8 Å². The van der Waals surface area contributed by atoms with Gasteiger partial charge in [-0.25, -0.2) is 0 Å². The van der Waals surface area contributed by atoms with Crippen LogP contribution in [0.15, 0.2) is 60.0 Å². The largest absolute Gasteiger partial charge is 0.497 e. The van der Waals surface area contributed by atoms with Gasteiger partial charge in [0.25, 0.3) is 5.91 Å². The van der Waals surface area contributed by atoms with Crippen molar-refractivity contribution in [1.29, 1.82) is 0 Å². The van der Waals surface area contributed by atoms with Gasteiger partial charge in [0, 0.05) is 0 Å². The zero-order chi connectivity index (χ0) is 20.8. The summed E-state index contributed by atoms with van der Waals surface area (Å²) in [6.45, 7) is 6.46. The van der Waals surface area contributed by atoms with Crippen molar-refractivity contribution in [3.8, 4) is 17.2 Å². The molecule has 5 nitrogen and oxygen atoms in total. The summed E-state index contributed by atoms with van der Waals surface area (Å²) in [6, 6.07) is 12.8. The van der Waals surface area contributed by atoms with E-state index in [0.717, 1.165) is 11.3 Å². The molecule has 1 aliphatic rings. The van der Waals surface area contributed by atoms with Crippen LogP contribution in [0.25, 0.3) is 6.08 Å². The quantitative estimate of drug-likeness (QED) is 0.333. The molecule has 0 N–H and O–H groups in total. The predicted molar refractivity (Wildman–Crippen MR) is 122 cm³/mol. The molecule has 2 aromatic carbocycles. The maximum absolute atomic E-state index is 12.9. The van der Waals surface area contributed by atoms with Crippen LogP contribution in [-0.4, -0.2) is 30.6 Å². The number of thioether (sulfide) groups is 1. The van der Waals surface area contributed by atoms with E-state index < -0.39 is 0 Å². The molecule has 7 heteroatoms. The summed E-state index contributed by atoms with van der Waals surface area (Å²) < 4.78 is 17.0. The second-order valence-electron chi connectivity index (χ2n) is 5.95. The summed E-state index contributed by atoms with van der Waals surface area (Å²) in [6.07, 6.45) is 3.48. The number of hydrogen-bond donors (Lipinski definition) is 0. The summed E-state index contributed by atoms with van der Waals surface area (Å²) in [5, 5.41) is 0. The van der Waals surface area contributed by atoms with E-state index in [1.807, 2.05) is 43.3 Å². The van der Waals surface area contributed by atoms with E-state index in [1.54, 1.807) is 25.3 Å². The molecule has 0 radical (unpaired) electrons. The van der Waals surface area contributed by atoms with Crippen LogP contribution in [0.4, 0.5) is 5.69 Å². The van der Waals surface area contributed by atoms with Gasteiger partial charge in [0.2, 0.25) is 0 Å². The highest BCUT2D eigenvalue weighted by Crippen LogP contribution is 2.37. The average Bonchev–Trinajstić information content (AvgIpc) is 3.00. The molecule has 1 aliphatic heterocycles. The Labute approximate surface area is 179 Å². The minimum absolute atomic E-state index is 0.157. The van der Waals surface area contributed by atoms with Crippen LogP contribution in [0.1, 0.15) is 12.5 Å². The Bertz CT molecular complexity index is 954. The van der Waals surface area contributed by atoms with Gasteiger partial charge >= 0.3 is 0 Å². The highest BCUT2D eigenvalue weighted by atomic mass is 32.2. The van der Waals surface area contributed by atoms with Crippen LogP contribution < -0.4 is 19.1 Å². The van der Waals surface area contributed by atoms with Crippen LogP contribution >= 0.6 is 24.0 Å². The van der Waals surface area contributed by atoms with Gasteiger partial charge in [-0.2, -0.15) is 0 Å². The van der Waals surface area contributed by atoms with Gasteiger partial charge in [-0.05, 0) is 55.0 Å². The molecule has 0 spiro atoms. The van der Waals surface area contributed by atoms with Crippen LogP contribution in [0, 0.1) is 0 Å². The molecular formula is C22H21NO4S2. The third-order valence-corrected chi connectivity index (χ3v) is 5.35. The second kappa shape index (κ2) is 9.62. The summed E-state index contributed by atoms with van der Waals surface area (Å²) in [5.74, 6) is 1.82. The van der Waals surface area contributed by atoms with Crippen LogP contribution in [-0.2, 0) is 4.79 Å². The fourth-order valence-corrected chi connectivity index (χ4v) is 4.02. The monoisotopic (exact) mass is 427 g/mol. The van der Waals surface area contributed by atoms with E-state index >= 15 is 0 Å². The normalized spacial score (nSPS) is 15.0. The van der Waals surface area contributed by atoms with E-state index in [9.17, 15) is 4.79 Å². The van der Waals surface area contributed by atoms with Crippen molar-refractivity contribution in [3.63, 3.8) is 0 Å². The molecule has 1 amide bonds. The number of carbonyl (C=O) groups excluding carboxylic acids is 1. The molecule has 0 unspecified atom stereocenters. The number of nitrogens with zero attached hydrogens (tertiary/aromatic N) is 1. The van der Waals surface area contributed by atoms with Gasteiger partial charge < -0.3 is 14.2 Å². The maximum atomic E-state index is 12.9. The van der Waals surface area contributed by atoms with Crippen molar-refractivity contribution in [3.05, 3.63) is 65.6 Å². The van der Waals surface area contributed by atoms with E-state index in [2.05, 4.69) is 6.58 Å². The molecule has 29 heavy (non-hydrogen) atoms. The van der Waals surface area contributed by atoms with Crippen molar-refractivity contribution in [2.75, 3.05) is 25.2 Å². The molecule has 0 bridgehead atoms. The number of ether oxygens (including phenoxy) is 3. The Kier molecular flexibility index (Phi) is 6.95. The Morgan fingerprint density at radius 1 is 1.14 bits per heavy atom. The minimum Gasteiger partial charge on any atom is -0.497 e. The minimum atomic E-state index is -0.157.